The molecule has 2 aromatic rings. The minimum atomic E-state index is -4.99. The molecule has 9 nitrogen and oxygen atoms in total. The van der Waals surface area contributed by atoms with Crippen molar-refractivity contribution in [2.75, 3.05) is 43.4 Å². The Bertz CT molecular complexity index is 1640. The monoisotopic (exact) mass is 636 g/mol. The van der Waals surface area contributed by atoms with Crippen LogP contribution in [0.2, 0.25) is 0 Å². The van der Waals surface area contributed by atoms with Crippen molar-refractivity contribution < 1.29 is 30.7 Å². The van der Waals surface area contributed by atoms with Crippen molar-refractivity contribution in [2.45, 2.75) is 80.3 Å². The topological polar surface area (TPSA) is 114 Å². The van der Waals surface area contributed by atoms with E-state index in [1.807, 2.05) is 4.90 Å². The Morgan fingerprint density at radius 1 is 1.23 bits per heavy atom. The summed E-state index contributed by atoms with van der Waals surface area (Å²) in [6.07, 6.45) is -0.738. The molecule has 1 aromatic carbocycles. The standard InChI is InChI=1S/C30H36F4N6O3S/c1-16-10-29(6-3-7-40(29)11-16)15-43-28-37-22-9-23(24-25(30(32,33)34)17(2)8-21(35)26(24)31)44(41,42)14-20(22)27(38-28)39-12-18-4-5-19(13-39)36-18/h8,18-19,23,36H,1,3-7,9-15,35H2,2H3/t18?,19?,23-,29-/m0/s1. The van der Waals surface area contributed by atoms with Crippen molar-refractivity contribution in [3.8, 4) is 6.01 Å². The molecule has 0 radical (unpaired) electrons. The molecule has 0 spiro atoms. The number of hydrogen-bond donors (Lipinski definition) is 2. The van der Waals surface area contributed by atoms with Gasteiger partial charge in [-0.1, -0.05) is 12.2 Å². The summed E-state index contributed by atoms with van der Waals surface area (Å²) >= 11 is 0. The van der Waals surface area contributed by atoms with Crippen LogP contribution >= 0.6 is 0 Å². The summed E-state index contributed by atoms with van der Waals surface area (Å²) in [5.74, 6) is -1.57. The number of fused-ring (bicyclic) bond motifs is 4. The number of sulfone groups is 1. The van der Waals surface area contributed by atoms with Gasteiger partial charge < -0.3 is 20.7 Å². The Labute approximate surface area is 253 Å². The van der Waals surface area contributed by atoms with E-state index in [1.54, 1.807) is 0 Å². The summed E-state index contributed by atoms with van der Waals surface area (Å²) in [4.78, 5) is 13.7. The molecular formula is C30H36F4N6O3S. The number of nitrogens with one attached hydrogen (secondary N) is 1. The fraction of sp³-hybridized carbons (Fsp3) is 0.600. The summed E-state index contributed by atoms with van der Waals surface area (Å²) < 4.78 is 92.2. The van der Waals surface area contributed by atoms with E-state index in [-0.39, 0.29) is 34.9 Å². The van der Waals surface area contributed by atoms with Gasteiger partial charge in [-0.2, -0.15) is 23.1 Å². The lowest BCUT2D eigenvalue weighted by Gasteiger charge is -2.37. The predicted octanol–water partition coefficient (Wildman–Crippen LogP) is 3.85. The first-order valence-electron chi connectivity index (χ1n) is 15.1. The lowest BCUT2D eigenvalue weighted by molar-refractivity contribution is -0.138. The molecule has 6 heterocycles. The second-order valence-corrected chi connectivity index (χ2v) is 15.3. The molecule has 4 fully saturated rings. The van der Waals surface area contributed by atoms with Crippen molar-refractivity contribution >= 4 is 21.3 Å². The van der Waals surface area contributed by atoms with E-state index < -0.39 is 56.1 Å². The SMILES string of the molecule is C=C1CN2CCC[C@@]2(COc2nc3c(c(N4CC5CCC(C4)N5)n2)CS(=O)(=O)[C@H](c2c(F)c(N)cc(C)c2C(F)(F)F)C3)C1. The third-order valence-corrected chi connectivity index (χ3v) is 12.0. The van der Waals surface area contributed by atoms with E-state index in [0.717, 1.165) is 63.8 Å². The summed E-state index contributed by atoms with van der Waals surface area (Å²) in [6, 6.07) is 1.36. The maximum atomic E-state index is 15.5. The third kappa shape index (κ3) is 4.93. The van der Waals surface area contributed by atoms with Crippen molar-refractivity contribution in [3.05, 3.63) is 52.0 Å². The van der Waals surface area contributed by atoms with Crippen LogP contribution in [0.1, 0.15) is 65.3 Å². The molecule has 44 heavy (non-hydrogen) atoms. The van der Waals surface area contributed by atoms with Crippen LogP contribution < -0.4 is 20.7 Å². The first kappa shape index (κ1) is 29.7. The summed E-state index contributed by atoms with van der Waals surface area (Å²) in [5, 5.41) is 1.72. The van der Waals surface area contributed by atoms with E-state index in [1.165, 1.54) is 0 Å². The van der Waals surface area contributed by atoms with Gasteiger partial charge >= 0.3 is 12.2 Å². The van der Waals surface area contributed by atoms with Crippen molar-refractivity contribution in [2.24, 2.45) is 0 Å². The summed E-state index contributed by atoms with van der Waals surface area (Å²) in [6.45, 7) is 8.56. The molecule has 2 bridgehead atoms. The zero-order valence-electron chi connectivity index (χ0n) is 24.5. The number of hydrogen-bond acceptors (Lipinski definition) is 9. The molecule has 4 atom stereocenters. The van der Waals surface area contributed by atoms with E-state index >= 15 is 4.39 Å². The number of aryl methyl sites for hydroxylation is 1. The van der Waals surface area contributed by atoms with Crippen LogP contribution in [0.5, 0.6) is 6.01 Å². The molecule has 14 heteroatoms. The van der Waals surface area contributed by atoms with Gasteiger partial charge in [0.1, 0.15) is 12.4 Å². The molecule has 5 aliphatic heterocycles. The Hall–Kier alpha value is -2.97. The number of nitrogens with zero attached hydrogens (tertiary/aromatic N) is 4. The number of anilines is 2. The molecule has 5 aliphatic rings. The quantitative estimate of drug-likeness (QED) is 0.287. The van der Waals surface area contributed by atoms with Crippen LogP contribution in [0.15, 0.2) is 18.2 Å². The van der Waals surface area contributed by atoms with Crippen LogP contribution in [0.4, 0.5) is 29.1 Å². The number of halogens is 4. The molecule has 1 aromatic heterocycles. The van der Waals surface area contributed by atoms with Gasteiger partial charge in [-0.25, -0.2) is 12.8 Å². The smallest absolute Gasteiger partial charge is 0.417 e. The van der Waals surface area contributed by atoms with Gasteiger partial charge in [-0.3, -0.25) is 4.90 Å². The Kier molecular flexibility index (Phi) is 6.94. The number of aromatic nitrogens is 2. The highest BCUT2D eigenvalue weighted by atomic mass is 32.2. The number of nitrogen functional groups attached to an aromatic ring is 1. The van der Waals surface area contributed by atoms with E-state index in [9.17, 15) is 21.6 Å². The highest BCUT2D eigenvalue weighted by Gasteiger charge is 2.48. The highest BCUT2D eigenvalue weighted by Crippen LogP contribution is 2.47. The zero-order chi connectivity index (χ0) is 31.2. The van der Waals surface area contributed by atoms with E-state index in [2.05, 4.69) is 21.8 Å². The lowest BCUT2D eigenvalue weighted by Crippen LogP contribution is -2.52. The number of nitrogens with two attached hydrogens (primary N) is 1. The summed E-state index contributed by atoms with van der Waals surface area (Å²) in [5.41, 5.74) is 4.10. The number of alkyl halides is 3. The van der Waals surface area contributed by atoms with Gasteiger partial charge in [-0.05, 0) is 57.2 Å². The van der Waals surface area contributed by atoms with Crippen LogP contribution in [0, 0.1) is 12.7 Å². The number of piperazine rings is 1. The van der Waals surface area contributed by atoms with Crippen LogP contribution in [-0.2, 0) is 28.2 Å². The minimum Gasteiger partial charge on any atom is -0.461 e. The molecular weight excluding hydrogens is 600 g/mol. The maximum absolute atomic E-state index is 15.5. The van der Waals surface area contributed by atoms with E-state index in [4.69, 9.17) is 15.5 Å². The van der Waals surface area contributed by atoms with Crippen molar-refractivity contribution in [3.63, 3.8) is 0 Å². The van der Waals surface area contributed by atoms with Gasteiger partial charge in [0.15, 0.2) is 15.7 Å². The molecule has 238 valence electrons. The second-order valence-electron chi connectivity index (χ2n) is 13.1. The van der Waals surface area contributed by atoms with Gasteiger partial charge in [0, 0.05) is 49.3 Å². The fourth-order valence-corrected chi connectivity index (χ4v) is 10.1. The third-order valence-electron chi connectivity index (χ3n) is 10.1. The Morgan fingerprint density at radius 2 is 1.95 bits per heavy atom. The van der Waals surface area contributed by atoms with Gasteiger partial charge in [-0.15, -0.1) is 0 Å². The largest absolute Gasteiger partial charge is 0.461 e. The van der Waals surface area contributed by atoms with Crippen molar-refractivity contribution in [1.82, 2.24) is 20.2 Å². The van der Waals surface area contributed by atoms with Gasteiger partial charge in [0.25, 0.3) is 0 Å². The molecule has 0 aliphatic carbocycles. The van der Waals surface area contributed by atoms with E-state index in [0.29, 0.717) is 31.1 Å². The first-order valence-corrected chi connectivity index (χ1v) is 16.8. The fourth-order valence-electron chi connectivity index (χ4n) is 8.16. The first-order chi connectivity index (χ1) is 20.7. The van der Waals surface area contributed by atoms with Gasteiger partial charge in [0.05, 0.1) is 33.5 Å². The predicted molar refractivity (Wildman–Crippen MR) is 157 cm³/mol. The average molecular weight is 637 g/mol. The zero-order valence-corrected chi connectivity index (χ0v) is 25.3. The lowest BCUT2D eigenvalue weighted by atomic mass is 9.94. The second kappa shape index (κ2) is 10.3. The molecule has 4 saturated heterocycles. The molecule has 2 unspecified atom stereocenters. The van der Waals surface area contributed by atoms with Crippen molar-refractivity contribution in [1.29, 1.82) is 0 Å². The molecule has 0 saturated carbocycles. The number of ether oxygens (including phenoxy) is 1. The maximum Gasteiger partial charge on any atom is 0.417 e. The number of rotatable bonds is 5. The highest BCUT2D eigenvalue weighted by molar-refractivity contribution is 7.91. The number of benzene rings is 1. The van der Waals surface area contributed by atoms with Crippen LogP contribution in [0.25, 0.3) is 0 Å². The molecule has 3 N–H and O–H groups in total. The molecule has 7 rings (SSSR count). The Balaban J connectivity index is 1.31. The Morgan fingerprint density at radius 3 is 2.66 bits per heavy atom. The normalized spacial score (nSPS) is 29.6. The van der Waals surface area contributed by atoms with Crippen LogP contribution in [-0.4, -0.2) is 73.7 Å². The van der Waals surface area contributed by atoms with Crippen LogP contribution in [0.3, 0.4) is 0 Å². The average Bonchev–Trinajstić information content (AvgIpc) is 3.58. The van der Waals surface area contributed by atoms with Gasteiger partial charge in [0.2, 0.25) is 0 Å². The molecule has 0 amide bonds. The summed E-state index contributed by atoms with van der Waals surface area (Å²) in [7, 11) is -4.33. The minimum absolute atomic E-state index is 0.0432.